The Morgan fingerprint density at radius 2 is 1.95 bits per heavy atom. The topological polar surface area (TPSA) is 93.8 Å². The van der Waals surface area contributed by atoms with Crippen molar-refractivity contribution in [3.05, 3.63) is 41.2 Å². The third-order valence-corrected chi connectivity index (χ3v) is 3.08. The molecule has 0 aliphatic carbocycles. The van der Waals surface area contributed by atoms with Crippen LogP contribution in [0.3, 0.4) is 0 Å². The van der Waals surface area contributed by atoms with E-state index in [2.05, 4.69) is 20.5 Å². The Bertz CT molecular complexity index is 642. The molecule has 6 heteroatoms. The summed E-state index contributed by atoms with van der Waals surface area (Å²) in [5.41, 5.74) is 8.91. The molecule has 1 aromatic heterocycles. The second-order valence-corrected chi connectivity index (χ2v) is 4.71. The first kappa shape index (κ1) is 14.9. The lowest BCUT2D eigenvalue weighted by atomic mass is 10.1. The van der Waals surface area contributed by atoms with Crippen LogP contribution in [-0.4, -0.2) is 21.1 Å². The van der Waals surface area contributed by atoms with Crippen molar-refractivity contribution < 1.29 is 4.79 Å². The highest BCUT2D eigenvalue weighted by atomic mass is 16.1. The van der Waals surface area contributed by atoms with Gasteiger partial charge in [-0.2, -0.15) is 0 Å². The average molecular weight is 285 g/mol. The lowest BCUT2D eigenvalue weighted by Crippen LogP contribution is -2.18. The number of nitrogens with two attached hydrogens (primary N) is 1. The first-order chi connectivity index (χ1) is 10.1. The normalized spacial score (nSPS) is 10.4. The number of nitrogens with one attached hydrogen (secondary N) is 1. The predicted octanol–water partition coefficient (Wildman–Crippen LogP) is 1.76. The Balaban J connectivity index is 2.06. The summed E-state index contributed by atoms with van der Waals surface area (Å²) in [6, 6.07) is 7.23. The van der Waals surface area contributed by atoms with Gasteiger partial charge in [0.1, 0.15) is 0 Å². The van der Waals surface area contributed by atoms with Crippen LogP contribution in [0.25, 0.3) is 0 Å². The fraction of sp³-hybridized carbons (Fsp3) is 0.333. The molecule has 1 amide bonds. The van der Waals surface area contributed by atoms with E-state index in [1.807, 2.05) is 26.0 Å². The van der Waals surface area contributed by atoms with E-state index in [-0.39, 0.29) is 18.3 Å². The molecule has 2 rings (SSSR count). The van der Waals surface area contributed by atoms with E-state index < -0.39 is 0 Å². The van der Waals surface area contributed by atoms with Gasteiger partial charge in [-0.3, -0.25) is 10.1 Å². The Morgan fingerprint density at radius 3 is 2.62 bits per heavy atom. The molecule has 2 aromatic rings. The maximum absolute atomic E-state index is 12.0. The van der Waals surface area contributed by atoms with Crippen LogP contribution in [0, 0.1) is 0 Å². The van der Waals surface area contributed by atoms with Crippen molar-refractivity contribution >= 4 is 17.5 Å². The summed E-state index contributed by atoms with van der Waals surface area (Å²) in [5.74, 6) is 0.0617. The summed E-state index contributed by atoms with van der Waals surface area (Å²) in [6.45, 7) is 4.00. The van der Waals surface area contributed by atoms with E-state index in [0.717, 1.165) is 29.8 Å². The summed E-state index contributed by atoms with van der Waals surface area (Å²) >= 11 is 0. The third-order valence-electron chi connectivity index (χ3n) is 3.08. The molecule has 6 nitrogen and oxygen atoms in total. The van der Waals surface area contributed by atoms with Crippen molar-refractivity contribution in [2.24, 2.45) is 0 Å². The monoisotopic (exact) mass is 285 g/mol. The highest BCUT2D eigenvalue weighted by Gasteiger charge is 2.10. The lowest BCUT2D eigenvalue weighted by Gasteiger charge is -2.07. The van der Waals surface area contributed by atoms with Crippen LogP contribution in [0.2, 0.25) is 0 Å². The standard InChI is InChI=1S/C15H19N5O/c1-3-12-13(4-2)19-20-15(17-12)18-14(21)9-10-6-5-7-11(16)8-10/h5-8H,3-4,9,16H2,1-2H3,(H,17,18,20,21). The number of benzene rings is 1. The second-order valence-electron chi connectivity index (χ2n) is 4.71. The Morgan fingerprint density at radius 1 is 1.19 bits per heavy atom. The molecule has 1 heterocycles. The Kier molecular flexibility index (Phi) is 4.81. The van der Waals surface area contributed by atoms with Crippen LogP contribution in [0.5, 0.6) is 0 Å². The van der Waals surface area contributed by atoms with Crippen molar-refractivity contribution in [3.8, 4) is 0 Å². The second kappa shape index (κ2) is 6.78. The number of amides is 1. The predicted molar refractivity (Wildman–Crippen MR) is 81.8 cm³/mol. The molecule has 0 aliphatic rings. The van der Waals surface area contributed by atoms with Crippen molar-refractivity contribution in [2.75, 3.05) is 11.1 Å². The average Bonchev–Trinajstić information content (AvgIpc) is 2.47. The van der Waals surface area contributed by atoms with Gasteiger partial charge in [-0.05, 0) is 30.5 Å². The summed E-state index contributed by atoms with van der Waals surface area (Å²) in [6.07, 6.45) is 1.77. The van der Waals surface area contributed by atoms with Crippen molar-refractivity contribution in [1.82, 2.24) is 15.2 Å². The number of carbonyl (C=O) groups is 1. The summed E-state index contributed by atoms with van der Waals surface area (Å²) in [5, 5.41) is 10.7. The number of aryl methyl sites for hydroxylation is 2. The summed E-state index contributed by atoms with van der Waals surface area (Å²) in [7, 11) is 0. The SMILES string of the molecule is CCc1nnc(NC(=O)Cc2cccc(N)c2)nc1CC. The number of anilines is 2. The van der Waals surface area contributed by atoms with E-state index in [0.29, 0.717) is 5.69 Å². The number of hydrogen-bond donors (Lipinski definition) is 2. The zero-order chi connectivity index (χ0) is 15.2. The van der Waals surface area contributed by atoms with Gasteiger partial charge in [0.15, 0.2) is 0 Å². The number of rotatable bonds is 5. The fourth-order valence-electron chi connectivity index (χ4n) is 2.05. The van der Waals surface area contributed by atoms with Crippen LogP contribution in [-0.2, 0) is 24.1 Å². The highest BCUT2D eigenvalue weighted by Crippen LogP contribution is 2.09. The molecule has 110 valence electrons. The molecule has 3 N–H and O–H groups in total. The molecule has 0 saturated heterocycles. The number of nitrogens with zero attached hydrogens (tertiary/aromatic N) is 3. The number of aromatic nitrogens is 3. The fourth-order valence-corrected chi connectivity index (χ4v) is 2.05. The van der Waals surface area contributed by atoms with Gasteiger partial charge in [0.05, 0.1) is 17.8 Å². The molecule has 0 unspecified atom stereocenters. The lowest BCUT2D eigenvalue weighted by molar-refractivity contribution is -0.115. The third kappa shape index (κ3) is 3.98. The quantitative estimate of drug-likeness (QED) is 0.816. The van der Waals surface area contributed by atoms with Crippen molar-refractivity contribution in [1.29, 1.82) is 0 Å². The molecule has 21 heavy (non-hydrogen) atoms. The van der Waals surface area contributed by atoms with E-state index in [1.54, 1.807) is 12.1 Å². The van der Waals surface area contributed by atoms with Crippen LogP contribution >= 0.6 is 0 Å². The van der Waals surface area contributed by atoms with E-state index >= 15 is 0 Å². The molecule has 0 atom stereocenters. The minimum Gasteiger partial charge on any atom is -0.399 e. The van der Waals surface area contributed by atoms with E-state index in [1.165, 1.54) is 0 Å². The molecule has 0 bridgehead atoms. The molecule has 1 aromatic carbocycles. The van der Waals surface area contributed by atoms with Gasteiger partial charge in [-0.1, -0.05) is 26.0 Å². The number of carbonyl (C=O) groups excluding carboxylic acids is 1. The maximum Gasteiger partial charge on any atom is 0.249 e. The molecule has 0 aliphatic heterocycles. The Labute approximate surface area is 123 Å². The number of nitrogen functional groups attached to an aromatic ring is 1. The van der Waals surface area contributed by atoms with E-state index in [4.69, 9.17) is 5.73 Å². The van der Waals surface area contributed by atoms with Crippen molar-refractivity contribution in [3.63, 3.8) is 0 Å². The van der Waals surface area contributed by atoms with E-state index in [9.17, 15) is 4.79 Å². The zero-order valence-corrected chi connectivity index (χ0v) is 12.3. The Hall–Kier alpha value is -2.50. The van der Waals surface area contributed by atoms with Gasteiger partial charge in [-0.25, -0.2) is 4.98 Å². The summed E-state index contributed by atoms with van der Waals surface area (Å²) in [4.78, 5) is 16.3. The van der Waals surface area contributed by atoms with Gasteiger partial charge in [0.2, 0.25) is 11.9 Å². The van der Waals surface area contributed by atoms with Crippen LogP contribution in [0.4, 0.5) is 11.6 Å². The number of hydrogen-bond acceptors (Lipinski definition) is 5. The first-order valence-corrected chi connectivity index (χ1v) is 6.99. The largest absolute Gasteiger partial charge is 0.399 e. The van der Waals surface area contributed by atoms with Crippen molar-refractivity contribution in [2.45, 2.75) is 33.1 Å². The zero-order valence-electron chi connectivity index (χ0n) is 12.3. The summed E-state index contributed by atoms with van der Waals surface area (Å²) < 4.78 is 0. The van der Waals surface area contributed by atoms with Gasteiger partial charge in [0, 0.05) is 5.69 Å². The molecular weight excluding hydrogens is 266 g/mol. The molecule has 0 fully saturated rings. The molecule has 0 radical (unpaired) electrons. The van der Waals surface area contributed by atoms with Gasteiger partial charge >= 0.3 is 0 Å². The van der Waals surface area contributed by atoms with Gasteiger partial charge in [-0.15, -0.1) is 10.2 Å². The minimum atomic E-state index is -0.186. The molecular formula is C15H19N5O. The van der Waals surface area contributed by atoms with Crippen LogP contribution in [0.1, 0.15) is 30.8 Å². The minimum absolute atomic E-state index is 0.186. The maximum atomic E-state index is 12.0. The van der Waals surface area contributed by atoms with Gasteiger partial charge < -0.3 is 5.73 Å². The molecule has 0 saturated carbocycles. The van der Waals surface area contributed by atoms with Crippen LogP contribution in [0.15, 0.2) is 24.3 Å². The first-order valence-electron chi connectivity index (χ1n) is 6.99. The van der Waals surface area contributed by atoms with Crippen LogP contribution < -0.4 is 11.1 Å². The molecule has 0 spiro atoms. The van der Waals surface area contributed by atoms with Gasteiger partial charge in [0.25, 0.3) is 0 Å². The smallest absolute Gasteiger partial charge is 0.249 e. The highest BCUT2D eigenvalue weighted by molar-refractivity contribution is 5.90.